The van der Waals surface area contributed by atoms with E-state index in [0.717, 1.165) is 30.2 Å². The molecule has 0 saturated carbocycles. The van der Waals surface area contributed by atoms with E-state index in [1.165, 1.54) is 19.5 Å². The second-order valence-corrected chi connectivity index (χ2v) is 7.36. The summed E-state index contributed by atoms with van der Waals surface area (Å²) >= 11 is 0. The summed E-state index contributed by atoms with van der Waals surface area (Å²) in [6, 6.07) is 1.36. The summed E-state index contributed by atoms with van der Waals surface area (Å²) in [6.07, 6.45) is 1.28. The zero-order valence-electron chi connectivity index (χ0n) is 14.2. The van der Waals surface area contributed by atoms with Crippen LogP contribution in [0.2, 0.25) is 0 Å². The summed E-state index contributed by atoms with van der Waals surface area (Å²) in [4.78, 5) is 2.73. The number of nitrogens with zero attached hydrogens (tertiary/aromatic N) is 1. The lowest BCUT2D eigenvalue weighted by Crippen LogP contribution is -2.58. The van der Waals surface area contributed by atoms with Gasteiger partial charge in [-0.15, -0.1) is 0 Å². The average molecular weight is 268 g/mol. The standard InChI is InChI=1S/C17H36N2/c1-8-14(6)17-11-19(15(7)9-18-17)10-16(12(2)3)13(4)5/h12-18H,8-11H2,1-7H3. The fourth-order valence-electron chi connectivity index (χ4n) is 3.33. The molecule has 1 fully saturated rings. The number of hydrogen-bond acceptors (Lipinski definition) is 2. The molecule has 114 valence electrons. The van der Waals surface area contributed by atoms with Crippen LogP contribution in [0.25, 0.3) is 0 Å². The van der Waals surface area contributed by atoms with Gasteiger partial charge in [0, 0.05) is 31.7 Å². The highest BCUT2D eigenvalue weighted by molar-refractivity contribution is 4.88. The molecule has 2 nitrogen and oxygen atoms in total. The van der Waals surface area contributed by atoms with Gasteiger partial charge in [0.1, 0.15) is 0 Å². The van der Waals surface area contributed by atoms with Crippen LogP contribution in [0.15, 0.2) is 0 Å². The molecule has 1 saturated heterocycles. The summed E-state index contributed by atoms with van der Waals surface area (Å²) in [5.74, 6) is 3.16. The molecular formula is C17H36N2. The number of nitrogens with one attached hydrogen (secondary N) is 1. The van der Waals surface area contributed by atoms with Gasteiger partial charge in [0.2, 0.25) is 0 Å². The quantitative estimate of drug-likeness (QED) is 0.791. The highest BCUT2D eigenvalue weighted by atomic mass is 15.2. The van der Waals surface area contributed by atoms with E-state index in [1.807, 2.05) is 0 Å². The maximum absolute atomic E-state index is 3.74. The van der Waals surface area contributed by atoms with Crippen LogP contribution >= 0.6 is 0 Å². The van der Waals surface area contributed by atoms with Crippen molar-refractivity contribution in [2.24, 2.45) is 23.7 Å². The Bertz CT molecular complexity index is 242. The zero-order chi connectivity index (χ0) is 14.6. The topological polar surface area (TPSA) is 15.3 Å². The summed E-state index contributed by atoms with van der Waals surface area (Å²) < 4.78 is 0. The Morgan fingerprint density at radius 3 is 2.16 bits per heavy atom. The minimum atomic E-state index is 0.681. The fourth-order valence-corrected chi connectivity index (χ4v) is 3.33. The molecule has 1 aliphatic heterocycles. The number of piperazine rings is 1. The van der Waals surface area contributed by atoms with Gasteiger partial charge < -0.3 is 5.32 Å². The first-order valence-electron chi connectivity index (χ1n) is 8.34. The van der Waals surface area contributed by atoms with E-state index in [9.17, 15) is 0 Å². The van der Waals surface area contributed by atoms with Crippen molar-refractivity contribution in [1.29, 1.82) is 0 Å². The van der Waals surface area contributed by atoms with E-state index in [0.29, 0.717) is 12.1 Å². The van der Waals surface area contributed by atoms with Gasteiger partial charge >= 0.3 is 0 Å². The fraction of sp³-hybridized carbons (Fsp3) is 1.00. The van der Waals surface area contributed by atoms with Crippen molar-refractivity contribution in [3.8, 4) is 0 Å². The third kappa shape index (κ3) is 4.75. The Labute approximate surface area is 121 Å². The van der Waals surface area contributed by atoms with Crippen molar-refractivity contribution in [3.05, 3.63) is 0 Å². The average Bonchev–Trinajstić information content (AvgIpc) is 2.35. The first-order chi connectivity index (χ1) is 8.86. The lowest BCUT2D eigenvalue weighted by Gasteiger charge is -2.43. The zero-order valence-corrected chi connectivity index (χ0v) is 14.2. The van der Waals surface area contributed by atoms with Crippen LogP contribution in [0, 0.1) is 23.7 Å². The van der Waals surface area contributed by atoms with Crippen LogP contribution < -0.4 is 5.32 Å². The predicted octanol–water partition coefficient (Wildman–Crippen LogP) is 3.62. The molecule has 0 aromatic heterocycles. The van der Waals surface area contributed by atoms with Gasteiger partial charge in [-0.3, -0.25) is 4.90 Å². The first-order valence-corrected chi connectivity index (χ1v) is 8.34. The van der Waals surface area contributed by atoms with E-state index >= 15 is 0 Å². The van der Waals surface area contributed by atoms with E-state index in [4.69, 9.17) is 0 Å². The van der Waals surface area contributed by atoms with Gasteiger partial charge in [0.15, 0.2) is 0 Å². The summed E-state index contributed by atoms with van der Waals surface area (Å²) in [5, 5.41) is 3.74. The summed E-state index contributed by atoms with van der Waals surface area (Å²) in [7, 11) is 0. The molecule has 0 spiro atoms. The Morgan fingerprint density at radius 2 is 1.68 bits per heavy atom. The molecule has 0 radical (unpaired) electrons. The molecule has 0 aromatic carbocycles. The van der Waals surface area contributed by atoms with Crippen molar-refractivity contribution < 1.29 is 0 Å². The summed E-state index contributed by atoms with van der Waals surface area (Å²) in [5.41, 5.74) is 0. The van der Waals surface area contributed by atoms with Crippen LogP contribution in [0.5, 0.6) is 0 Å². The first kappa shape index (κ1) is 17.0. The van der Waals surface area contributed by atoms with Crippen LogP contribution in [-0.2, 0) is 0 Å². The maximum atomic E-state index is 3.74. The monoisotopic (exact) mass is 268 g/mol. The molecule has 1 N–H and O–H groups in total. The number of hydrogen-bond donors (Lipinski definition) is 1. The Morgan fingerprint density at radius 1 is 1.11 bits per heavy atom. The van der Waals surface area contributed by atoms with Crippen LogP contribution in [0.4, 0.5) is 0 Å². The Balaban J connectivity index is 2.63. The lowest BCUT2D eigenvalue weighted by atomic mass is 9.84. The molecule has 0 bridgehead atoms. The van der Waals surface area contributed by atoms with Gasteiger partial charge in [0.05, 0.1) is 0 Å². The molecule has 1 heterocycles. The lowest BCUT2D eigenvalue weighted by molar-refractivity contribution is 0.0781. The second-order valence-electron chi connectivity index (χ2n) is 7.36. The molecule has 2 heteroatoms. The number of rotatable bonds is 6. The smallest absolute Gasteiger partial charge is 0.0221 e. The predicted molar refractivity (Wildman–Crippen MR) is 85.4 cm³/mol. The van der Waals surface area contributed by atoms with E-state index in [-0.39, 0.29) is 0 Å². The van der Waals surface area contributed by atoms with Crippen molar-refractivity contribution in [1.82, 2.24) is 10.2 Å². The molecule has 0 aromatic rings. The van der Waals surface area contributed by atoms with E-state index < -0.39 is 0 Å². The molecule has 1 rings (SSSR count). The van der Waals surface area contributed by atoms with Crippen molar-refractivity contribution in [2.45, 2.75) is 67.0 Å². The minimum absolute atomic E-state index is 0.681. The Kier molecular flexibility index (Phi) is 6.82. The van der Waals surface area contributed by atoms with Gasteiger partial charge in [-0.2, -0.15) is 0 Å². The third-order valence-corrected chi connectivity index (χ3v) is 5.22. The SMILES string of the molecule is CCC(C)C1CN(CC(C(C)C)C(C)C)C(C)CN1. The van der Waals surface area contributed by atoms with Gasteiger partial charge in [-0.1, -0.05) is 48.0 Å². The van der Waals surface area contributed by atoms with E-state index in [2.05, 4.69) is 58.7 Å². The van der Waals surface area contributed by atoms with E-state index in [1.54, 1.807) is 0 Å². The highest BCUT2D eigenvalue weighted by Crippen LogP contribution is 2.24. The normalized spacial score (nSPS) is 27.5. The molecule has 0 aliphatic carbocycles. The van der Waals surface area contributed by atoms with Crippen LogP contribution in [0.1, 0.15) is 54.9 Å². The molecule has 1 aliphatic rings. The molecule has 3 atom stereocenters. The van der Waals surface area contributed by atoms with Crippen LogP contribution in [-0.4, -0.2) is 36.6 Å². The molecule has 0 amide bonds. The minimum Gasteiger partial charge on any atom is -0.311 e. The molecular weight excluding hydrogens is 232 g/mol. The highest BCUT2D eigenvalue weighted by Gasteiger charge is 2.30. The van der Waals surface area contributed by atoms with Crippen molar-refractivity contribution in [2.75, 3.05) is 19.6 Å². The third-order valence-electron chi connectivity index (χ3n) is 5.22. The molecule has 3 unspecified atom stereocenters. The maximum Gasteiger partial charge on any atom is 0.0221 e. The second kappa shape index (κ2) is 7.64. The largest absolute Gasteiger partial charge is 0.311 e. The summed E-state index contributed by atoms with van der Waals surface area (Å²) in [6.45, 7) is 20.2. The van der Waals surface area contributed by atoms with Crippen molar-refractivity contribution in [3.63, 3.8) is 0 Å². The van der Waals surface area contributed by atoms with Gasteiger partial charge in [-0.05, 0) is 30.6 Å². The molecule has 19 heavy (non-hydrogen) atoms. The van der Waals surface area contributed by atoms with Gasteiger partial charge in [0.25, 0.3) is 0 Å². The van der Waals surface area contributed by atoms with Gasteiger partial charge in [-0.25, -0.2) is 0 Å². The van der Waals surface area contributed by atoms with Crippen molar-refractivity contribution >= 4 is 0 Å². The van der Waals surface area contributed by atoms with Crippen LogP contribution in [0.3, 0.4) is 0 Å². The Hall–Kier alpha value is -0.0800.